The second-order valence-corrected chi connectivity index (χ2v) is 9.06. The van der Waals surface area contributed by atoms with Gasteiger partial charge in [-0.3, -0.25) is 9.59 Å². The molecule has 1 saturated carbocycles. The molecule has 1 N–H and O–H groups in total. The number of rotatable bonds is 6. The third-order valence-electron chi connectivity index (χ3n) is 6.62. The summed E-state index contributed by atoms with van der Waals surface area (Å²) in [5, 5.41) is 2.91. The summed E-state index contributed by atoms with van der Waals surface area (Å²) in [5.74, 6) is -0.726. The van der Waals surface area contributed by atoms with Gasteiger partial charge in [-0.15, -0.1) is 6.58 Å². The van der Waals surface area contributed by atoms with Gasteiger partial charge in [-0.2, -0.15) is 26.3 Å². The van der Waals surface area contributed by atoms with Crippen molar-refractivity contribution in [2.45, 2.75) is 62.3 Å². The lowest BCUT2D eigenvalue weighted by molar-refractivity contribution is -0.143. The molecule has 0 heterocycles. The van der Waals surface area contributed by atoms with Gasteiger partial charge in [0.15, 0.2) is 0 Å². The standard InChI is InChI=1S/C26H25F6NO2/c1-3-11-23(2,18-14-19(25(27,28)29)16-20(15-18)26(30,31)32)22(35)33-24(12-9-21(34)10-13-24)17-7-5-4-6-8-17/h3-8,14-16H,1,9-13H2,2H3,(H,33,35). The number of carbonyl (C=O) groups is 2. The summed E-state index contributed by atoms with van der Waals surface area (Å²) in [5.41, 5.74) is -5.47. The summed E-state index contributed by atoms with van der Waals surface area (Å²) in [7, 11) is 0. The number of alkyl halides is 6. The largest absolute Gasteiger partial charge is 0.416 e. The topological polar surface area (TPSA) is 46.2 Å². The van der Waals surface area contributed by atoms with E-state index in [1.54, 1.807) is 30.3 Å². The van der Waals surface area contributed by atoms with E-state index >= 15 is 0 Å². The van der Waals surface area contributed by atoms with Gasteiger partial charge in [0.05, 0.1) is 22.1 Å². The number of Topliss-reactive ketones (excluding diaryl/α,β-unsaturated/α-hetero) is 1. The third kappa shape index (κ3) is 5.60. The summed E-state index contributed by atoms with van der Waals surface area (Å²) in [6.07, 6.45) is -8.10. The van der Waals surface area contributed by atoms with Crippen molar-refractivity contribution in [3.63, 3.8) is 0 Å². The third-order valence-corrected chi connectivity index (χ3v) is 6.62. The zero-order valence-corrected chi connectivity index (χ0v) is 19.0. The van der Waals surface area contributed by atoms with Gasteiger partial charge in [-0.05, 0) is 55.5 Å². The summed E-state index contributed by atoms with van der Waals surface area (Å²) in [6, 6.07) is 10.0. The molecule has 1 amide bonds. The monoisotopic (exact) mass is 497 g/mol. The molecular formula is C26H25F6NO2. The number of hydrogen-bond donors (Lipinski definition) is 1. The summed E-state index contributed by atoms with van der Waals surface area (Å²) in [4.78, 5) is 25.6. The molecule has 188 valence electrons. The Morgan fingerprint density at radius 2 is 1.43 bits per heavy atom. The van der Waals surface area contributed by atoms with Gasteiger partial charge in [0.1, 0.15) is 5.78 Å². The Balaban J connectivity index is 2.11. The van der Waals surface area contributed by atoms with E-state index in [4.69, 9.17) is 0 Å². The second kappa shape index (κ2) is 9.51. The van der Waals surface area contributed by atoms with Crippen molar-refractivity contribution in [2.24, 2.45) is 0 Å². The van der Waals surface area contributed by atoms with E-state index in [-0.39, 0.29) is 44.0 Å². The lowest BCUT2D eigenvalue weighted by atomic mass is 9.73. The fraction of sp³-hybridized carbons (Fsp3) is 0.385. The molecule has 0 radical (unpaired) electrons. The number of hydrogen-bond acceptors (Lipinski definition) is 2. The van der Waals surface area contributed by atoms with Crippen molar-refractivity contribution in [3.05, 3.63) is 83.4 Å². The first-order valence-corrected chi connectivity index (χ1v) is 11.0. The van der Waals surface area contributed by atoms with Crippen LogP contribution in [0, 0.1) is 0 Å². The normalized spacial score (nSPS) is 18.0. The van der Waals surface area contributed by atoms with Crippen LogP contribution >= 0.6 is 0 Å². The van der Waals surface area contributed by atoms with Gasteiger partial charge in [0.2, 0.25) is 5.91 Å². The molecule has 0 spiro atoms. The number of nitrogens with one attached hydrogen (secondary N) is 1. The van der Waals surface area contributed by atoms with E-state index in [1.807, 2.05) is 0 Å². The lowest BCUT2D eigenvalue weighted by Crippen LogP contribution is -2.54. The number of carbonyl (C=O) groups excluding carboxylic acids is 2. The average Bonchev–Trinajstić information content (AvgIpc) is 2.80. The van der Waals surface area contributed by atoms with Gasteiger partial charge in [0.25, 0.3) is 0 Å². The highest BCUT2D eigenvalue weighted by Gasteiger charge is 2.45. The first-order chi connectivity index (χ1) is 16.2. The molecule has 9 heteroatoms. The zero-order chi connectivity index (χ0) is 26.1. The summed E-state index contributed by atoms with van der Waals surface area (Å²) < 4.78 is 80.9. The number of benzene rings is 2. The highest BCUT2D eigenvalue weighted by molar-refractivity contribution is 5.89. The van der Waals surface area contributed by atoms with Gasteiger partial charge in [0, 0.05) is 12.8 Å². The van der Waals surface area contributed by atoms with Crippen LogP contribution in [0.3, 0.4) is 0 Å². The molecule has 0 saturated heterocycles. The first kappa shape index (κ1) is 26.5. The summed E-state index contributed by atoms with van der Waals surface area (Å²) in [6.45, 7) is 4.86. The van der Waals surface area contributed by atoms with Gasteiger partial charge in [-0.1, -0.05) is 36.4 Å². The molecule has 3 rings (SSSR count). The number of amides is 1. The van der Waals surface area contributed by atoms with Crippen LogP contribution in [0.15, 0.2) is 61.2 Å². The molecule has 0 aliphatic heterocycles. The highest BCUT2D eigenvalue weighted by Crippen LogP contribution is 2.42. The molecule has 1 fully saturated rings. The zero-order valence-electron chi connectivity index (χ0n) is 19.0. The van der Waals surface area contributed by atoms with Crippen LogP contribution < -0.4 is 5.32 Å². The Kier molecular flexibility index (Phi) is 7.20. The Bertz CT molecular complexity index is 1060. The Morgan fingerprint density at radius 1 is 0.943 bits per heavy atom. The minimum Gasteiger partial charge on any atom is -0.346 e. The Labute approximate surface area is 199 Å². The van der Waals surface area contributed by atoms with Crippen LogP contribution in [0.4, 0.5) is 26.3 Å². The molecule has 0 bridgehead atoms. The van der Waals surface area contributed by atoms with E-state index in [0.29, 0.717) is 17.7 Å². The molecule has 1 aliphatic carbocycles. The molecule has 3 nitrogen and oxygen atoms in total. The highest BCUT2D eigenvalue weighted by atomic mass is 19.4. The van der Waals surface area contributed by atoms with Crippen LogP contribution in [0.25, 0.3) is 0 Å². The van der Waals surface area contributed by atoms with Gasteiger partial charge >= 0.3 is 12.4 Å². The predicted octanol–water partition coefficient (Wildman–Crippen LogP) is 6.71. The molecule has 1 unspecified atom stereocenters. The Hall–Kier alpha value is -3.10. The number of halogens is 6. The van der Waals surface area contributed by atoms with E-state index < -0.39 is 45.9 Å². The predicted molar refractivity (Wildman–Crippen MR) is 118 cm³/mol. The molecule has 1 atom stereocenters. The van der Waals surface area contributed by atoms with Crippen molar-refractivity contribution >= 4 is 11.7 Å². The van der Waals surface area contributed by atoms with Gasteiger partial charge in [-0.25, -0.2) is 0 Å². The van der Waals surface area contributed by atoms with Crippen molar-refractivity contribution in [2.75, 3.05) is 0 Å². The van der Waals surface area contributed by atoms with Crippen LogP contribution in [0.2, 0.25) is 0 Å². The molecular weight excluding hydrogens is 472 g/mol. The van der Waals surface area contributed by atoms with E-state index in [0.717, 1.165) is 0 Å². The van der Waals surface area contributed by atoms with Crippen LogP contribution in [-0.4, -0.2) is 11.7 Å². The van der Waals surface area contributed by atoms with Crippen molar-refractivity contribution in [3.8, 4) is 0 Å². The van der Waals surface area contributed by atoms with E-state index in [1.165, 1.54) is 13.0 Å². The SMILES string of the molecule is C=CCC(C)(C(=O)NC1(c2ccccc2)CCC(=O)CC1)c1cc(C(F)(F)F)cc(C(F)(F)F)c1. The molecule has 0 aromatic heterocycles. The smallest absolute Gasteiger partial charge is 0.346 e. The van der Waals surface area contributed by atoms with Crippen LogP contribution in [0.1, 0.15) is 61.3 Å². The molecule has 2 aromatic rings. The van der Waals surface area contributed by atoms with Gasteiger partial charge < -0.3 is 5.32 Å². The maximum Gasteiger partial charge on any atom is 0.416 e. The van der Waals surface area contributed by atoms with Crippen LogP contribution in [-0.2, 0) is 32.9 Å². The second-order valence-electron chi connectivity index (χ2n) is 9.06. The lowest BCUT2D eigenvalue weighted by Gasteiger charge is -2.41. The Morgan fingerprint density at radius 3 is 1.89 bits per heavy atom. The maximum atomic E-state index is 13.7. The summed E-state index contributed by atoms with van der Waals surface area (Å²) >= 11 is 0. The molecule has 1 aliphatic rings. The number of ketones is 1. The first-order valence-electron chi connectivity index (χ1n) is 11.0. The maximum absolute atomic E-state index is 13.7. The van der Waals surface area contributed by atoms with Crippen LogP contribution in [0.5, 0.6) is 0 Å². The fourth-order valence-corrected chi connectivity index (χ4v) is 4.46. The van der Waals surface area contributed by atoms with Crippen molar-refractivity contribution in [1.29, 1.82) is 0 Å². The van der Waals surface area contributed by atoms with E-state index in [2.05, 4.69) is 11.9 Å². The minimum absolute atomic E-state index is 0.0207. The minimum atomic E-state index is -5.05. The van der Waals surface area contributed by atoms with E-state index in [9.17, 15) is 35.9 Å². The van der Waals surface area contributed by atoms with Crippen molar-refractivity contribution < 1.29 is 35.9 Å². The quantitative estimate of drug-likeness (QED) is 0.356. The number of allylic oxidation sites excluding steroid dienone is 1. The average molecular weight is 497 g/mol. The molecule has 2 aromatic carbocycles. The van der Waals surface area contributed by atoms with Crippen molar-refractivity contribution in [1.82, 2.24) is 5.32 Å². The fourth-order valence-electron chi connectivity index (χ4n) is 4.46. The molecule has 35 heavy (non-hydrogen) atoms.